The summed E-state index contributed by atoms with van der Waals surface area (Å²) in [5, 5.41) is 24.8. The van der Waals surface area contributed by atoms with Gasteiger partial charge in [0.15, 0.2) is 0 Å². The molecule has 1 saturated carbocycles. The molecule has 0 radical (unpaired) electrons. The van der Waals surface area contributed by atoms with Gasteiger partial charge in [-0.25, -0.2) is 0 Å². The third-order valence-corrected chi connectivity index (χ3v) is 4.38. The zero-order valence-electron chi connectivity index (χ0n) is 21.7. The molecule has 32 heavy (non-hydrogen) atoms. The zero-order valence-corrected chi connectivity index (χ0v) is 24.1. The van der Waals surface area contributed by atoms with Gasteiger partial charge in [-0.05, 0) is 87.0 Å². The molecule has 0 bridgehead atoms. The molecule has 0 spiro atoms. The smallest absolute Gasteiger partial charge is 0.308 e. The van der Waals surface area contributed by atoms with Gasteiger partial charge in [-0.3, -0.25) is 14.4 Å². The van der Waals surface area contributed by atoms with E-state index in [4.69, 9.17) is 15.3 Å². The Kier molecular flexibility index (Phi) is 19.5. The number of fused-ring (bicyclic) bond motifs is 1. The monoisotopic (exact) mass is 531 g/mol. The van der Waals surface area contributed by atoms with Crippen LogP contribution in [0.4, 0.5) is 0 Å². The second-order valence-electron chi connectivity index (χ2n) is 10.7. The standard InChI is InChI=1S/C9H12.3C5H10O2.CH3.Zr/c1-2-5-9-7-3-6-8(9)4-1;3*1-5(2,3)4(6)7;;/h1-2,4-5,8-9H,3,6-7H2;3*1-3H3,(H,6,7);1H3;/q;;;;-1;. The van der Waals surface area contributed by atoms with Crippen LogP contribution < -0.4 is 0 Å². The fourth-order valence-corrected chi connectivity index (χ4v) is 1.91. The average molecular weight is 533 g/mol. The summed E-state index contributed by atoms with van der Waals surface area (Å²) >= 11 is 0. The number of carbonyl (C=O) groups is 3. The molecule has 2 aliphatic carbocycles. The third-order valence-electron chi connectivity index (χ3n) is 4.38. The van der Waals surface area contributed by atoms with Crippen molar-refractivity contribution in [1.82, 2.24) is 0 Å². The first-order valence-electron chi connectivity index (χ1n) is 10.3. The first-order valence-corrected chi connectivity index (χ1v) is 10.3. The molecule has 0 amide bonds. The third kappa shape index (κ3) is 19.5. The molecule has 2 rings (SSSR count). The van der Waals surface area contributed by atoms with E-state index in [1.54, 1.807) is 62.3 Å². The summed E-state index contributed by atoms with van der Waals surface area (Å²) in [6.07, 6.45) is 13.4. The van der Waals surface area contributed by atoms with Gasteiger partial charge in [-0.2, -0.15) is 0 Å². The quantitative estimate of drug-likeness (QED) is 0.314. The molecule has 3 N–H and O–H groups in total. The summed E-state index contributed by atoms with van der Waals surface area (Å²) in [5.74, 6) is -0.475. The van der Waals surface area contributed by atoms with Crippen LogP contribution in [0.2, 0.25) is 0 Å². The molecular weight excluding hydrogens is 487 g/mol. The van der Waals surface area contributed by atoms with Gasteiger partial charge in [0.05, 0.1) is 16.2 Å². The van der Waals surface area contributed by atoms with Crippen molar-refractivity contribution in [2.24, 2.45) is 28.1 Å². The fourth-order valence-electron chi connectivity index (χ4n) is 1.91. The van der Waals surface area contributed by atoms with Crippen molar-refractivity contribution >= 4 is 17.9 Å². The molecule has 0 aromatic heterocycles. The molecule has 0 aliphatic heterocycles. The van der Waals surface area contributed by atoms with Crippen molar-refractivity contribution in [2.75, 3.05) is 0 Å². The molecule has 0 saturated heterocycles. The number of hydrogen-bond donors (Lipinski definition) is 3. The predicted octanol–water partition coefficient (Wildman–Crippen LogP) is 6.33. The molecule has 0 aromatic rings. The van der Waals surface area contributed by atoms with Crippen LogP contribution >= 0.6 is 0 Å². The maximum Gasteiger partial charge on any atom is 0.308 e. The van der Waals surface area contributed by atoms with Gasteiger partial charge in [-0.15, -0.1) is 0 Å². The molecule has 1 fully saturated rings. The Morgan fingerprint density at radius 3 is 0.969 bits per heavy atom. The Morgan fingerprint density at radius 1 is 0.625 bits per heavy atom. The largest absolute Gasteiger partial charge is 0.481 e. The minimum absolute atomic E-state index is 0. The molecule has 7 heteroatoms. The van der Waals surface area contributed by atoms with E-state index in [2.05, 4.69) is 24.3 Å². The Balaban J connectivity index is -0.000000162. The topological polar surface area (TPSA) is 112 Å². The minimum Gasteiger partial charge on any atom is -0.481 e. The summed E-state index contributed by atoms with van der Waals surface area (Å²) in [6, 6.07) is 0. The van der Waals surface area contributed by atoms with Gasteiger partial charge in [0.1, 0.15) is 0 Å². The van der Waals surface area contributed by atoms with Gasteiger partial charge >= 0.3 is 17.9 Å². The summed E-state index contributed by atoms with van der Waals surface area (Å²) in [7, 11) is 0. The normalized spacial score (nSPS) is 18.4. The van der Waals surface area contributed by atoms with E-state index in [0.29, 0.717) is 0 Å². The van der Waals surface area contributed by atoms with Crippen LogP contribution in [-0.2, 0) is 40.6 Å². The van der Waals surface area contributed by atoms with Crippen LogP contribution in [0, 0.1) is 35.5 Å². The number of hydrogen-bond acceptors (Lipinski definition) is 3. The van der Waals surface area contributed by atoms with Crippen LogP contribution in [0.25, 0.3) is 0 Å². The Bertz CT molecular complexity index is 541. The first kappa shape index (κ1) is 38.1. The van der Waals surface area contributed by atoms with Crippen molar-refractivity contribution in [2.45, 2.75) is 81.6 Å². The van der Waals surface area contributed by atoms with E-state index >= 15 is 0 Å². The van der Waals surface area contributed by atoms with E-state index in [0.717, 1.165) is 11.8 Å². The van der Waals surface area contributed by atoms with Gasteiger partial charge in [0.2, 0.25) is 0 Å². The molecule has 6 nitrogen and oxygen atoms in total. The van der Waals surface area contributed by atoms with E-state index in [1.165, 1.54) is 19.3 Å². The van der Waals surface area contributed by atoms with Gasteiger partial charge in [0, 0.05) is 26.2 Å². The SMILES string of the molecule is C1=CC2CCCC2C=C1.CC(C)(C)C(=O)O.CC(C)(C)C(=O)O.CC(C)(C)C(=O)O.[CH3-].[Zr]. The first-order chi connectivity index (χ1) is 13.3. The number of carboxylic acids is 3. The number of allylic oxidation sites excluding steroid dienone is 4. The molecule has 186 valence electrons. The molecular formula is C25H45O6Zr-. The van der Waals surface area contributed by atoms with Gasteiger partial charge in [-0.1, -0.05) is 30.7 Å². The van der Waals surface area contributed by atoms with Crippen molar-refractivity contribution in [3.8, 4) is 0 Å². The second-order valence-corrected chi connectivity index (χ2v) is 10.7. The average Bonchev–Trinajstić information content (AvgIpc) is 3.02. The van der Waals surface area contributed by atoms with Crippen LogP contribution in [0.15, 0.2) is 24.3 Å². The number of carboxylic acid groups (broad SMARTS) is 3. The van der Waals surface area contributed by atoms with Crippen LogP contribution in [0.3, 0.4) is 0 Å². The van der Waals surface area contributed by atoms with E-state index < -0.39 is 34.2 Å². The summed E-state index contributed by atoms with van der Waals surface area (Å²) in [4.78, 5) is 30.1. The second kappa shape index (κ2) is 16.4. The zero-order chi connectivity index (χ0) is 24.3. The molecule has 2 aliphatic rings. The van der Waals surface area contributed by atoms with Crippen molar-refractivity contribution < 1.29 is 55.9 Å². The van der Waals surface area contributed by atoms with E-state index in [9.17, 15) is 14.4 Å². The molecule has 0 aromatic carbocycles. The van der Waals surface area contributed by atoms with Crippen molar-refractivity contribution in [1.29, 1.82) is 0 Å². The van der Waals surface area contributed by atoms with E-state index in [1.807, 2.05) is 0 Å². The molecule has 2 unspecified atom stereocenters. The maximum atomic E-state index is 10.0. The van der Waals surface area contributed by atoms with Gasteiger partial charge in [0.25, 0.3) is 0 Å². The Labute approximate surface area is 214 Å². The predicted molar refractivity (Wildman–Crippen MR) is 127 cm³/mol. The minimum atomic E-state index is -0.757. The van der Waals surface area contributed by atoms with Crippen molar-refractivity contribution in [3.63, 3.8) is 0 Å². The maximum absolute atomic E-state index is 10.0. The number of aliphatic carboxylic acids is 3. The van der Waals surface area contributed by atoms with Crippen LogP contribution in [0.5, 0.6) is 0 Å². The van der Waals surface area contributed by atoms with Crippen LogP contribution in [0.1, 0.15) is 81.6 Å². The Hall–Kier alpha value is -1.23. The molecule has 0 heterocycles. The van der Waals surface area contributed by atoms with Crippen molar-refractivity contribution in [3.05, 3.63) is 31.7 Å². The summed E-state index contributed by atoms with van der Waals surface area (Å²) in [5.41, 5.74) is -1.75. The van der Waals surface area contributed by atoms with Crippen LogP contribution in [-0.4, -0.2) is 33.2 Å². The Morgan fingerprint density at radius 2 is 0.812 bits per heavy atom. The molecule has 2 atom stereocenters. The number of rotatable bonds is 0. The fraction of sp³-hybridized carbons (Fsp3) is 0.680. The summed E-state index contributed by atoms with van der Waals surface area (Å²) < 4.78 is 0. The van der Waals surface area contributed by atoms with E-state index in [-0.39, 0.29) is 33.6 Å². The van der Waals surface area contributed by atoms with Gasteiger partial charge < -0.3 is 22.7 Å². The summed E-state index contributed by atoms with van der Waals surface area (Å²) in [6.45, 7) is 15.0.